The summed E-state index contributed by atoms with van der Waals surface area (Å²) in [5.41, 5.74) is 2.10. The van der Waals surface area contributed by atoms with Crippen molar-refractivity contribution in [3.05, 3.63) is 35.2 Å². The topological polar surface area (TPSA) is 45.9 Å². The van der Waals surface area contributed by atoms with Crippen molar-refractivity contribution in [3.8, 4) is 11.8 Å². The molecule has 1 rings (SSSR count). The number of hydrogen-bond donors (Lipinski definition) is 0. The molecule has 0 spiro atoms. The lowest BCUT2D eigenvalue weighted by atomic mass is 10.2. The minimum absolute atomic E-state index is 0.480. The zero-order chi connectivity index (χ0) is 11.3. The molecule has 0 aliphatic carbocycles. The summed E-state index contributed by atoms with van der Waals surface area (Å²) in [5.74, 6) is 0.612. The minimum atomic E-state index is 0.480. The molecule has 0 unspecified atom stereocenters. The van der Waals surface area contributed by atoms with Gasteiger partial charge in [0.05, 0.1) is 5.69 Å². The first kappa shape index (κ1) is 11.3. The average Bonchev–Trinajstić information content (AvgIpc) is 2.17. The van der Waals surface area contributed by atoms with Crippen molar-refractivity contribution in [3.63, 3.8) is 0 Å². The quantitative estimate of drug-likeness (QED) is 0.707. The van der Waals surface area contributed by atoms with Crippen LogP contribution in [0, 0.1) is 25.2 Å². The summed E-state index contributed by atoms with van der Waals surface area (Å²) in [6.07, 6.45) is 3.80. The summed E-state index contributed by atoms with van der Waals surface area (Å²) >= 11 is 0. The molecule has 78 valence electrons. The highest BCUT2D eigenvalue weighted by molar-refractivity contribution is 5.46. The monoisotopic (exact) mass is 202 g/mol. The van der Waals surface area contributed by atoms with Crippen LogP contribution in [0.2, 0.25) is 0 Å². The van der Waals surface area contributed by atoms with E-state index in [0.717, 1.165) is 5.69 Å². The van der Waals surface area contributed by atoms with Crippen LogP contribution >= 0.6 is 0 Å². The van der Waals surface area contributed by atoms with Crippen molar-refractivity contribution < 1.29 is 4.74 Å². The van der Waals surface area contributed by atoms with E-state index in [2.05, 4.69) is 11.1 Å². The summed E-state index contributed by atoms with van der Waals surface area (Å²) < 4.78 is 5.48. The number of aromatic nitrogens is 1. The Morgan fingerprint density at radius 3 is 2.87 bits per heavy atom. The Balaban J connectivity index is 3.00. The third-order valence-electron chi connectivity index (χ3n) is 1.97. The zero-order valence-electron chi connectivity index (χ0n) is 9.24. The van der Waals surface area contributed by atoms with Crippen LogP contribution in [0.4, 0.5) is 0 Å². The third kappa shape index (κ3) is 2.81. The second kappa shape index (κ2) is 5.16. The van der Waals surface area contributed by atoms with E-state index in [9.17, 15) is 0 Å². The summed E-state index contributed by atoms with van der Waals surface area (Å²) in [5, 5.41) is 8.96. The maximum atomic E-state index is 8.96. The van der Waals surface area contributed by atoms with E-state index in [1.165, 1.54) is 0 Å². The van der Waals surface area contributed by atoms with Gasteiger partial charge in [-0.3, -0.25) is 4.98 Å². The molecule has 0 saturated heterocycles. The molecule has 1 aromatic rings. The molecule has 1 heterocycles. The Hall–Kier alpha value is -1.82. The van der Waals surface area contributed by atoms with Gasteiger partial charge in [0.2, 0.25) is 0 Å². The first-order valence-electron chi connectivity index (χ1n) is 4.81. The van der Waals surface area contributed by atoms with Gasteiger partial charge in [-0.05, 0) is 20.8 Å². The molecule has 0 aliphatic rings. The van der Waals surface area contributed by atoms with Gasteiger partial charge in [-0.25, -0.2) is 0 Å². The number of pyridine rings is 1. The van der Waals surface area contributed by atoms with Crippen LogP contribution in [0.5, 0.6) is 5.75 Å². The minimum Gasteiger partial charge on any atom is -0.488 e. The summed E-state index contributed by atoms with van der Waals surface area (Å²) in [6, 6.07) is 3.89. The van der Waals surface area contributed by atoms with Gasteiger partial charge >= 0.3 is 0 Å². The van der Waals surface area contributed by atoms with Crippen LogP contribution in [0.1, 0.15) is 23.9 Å². The molecular formula is C12H14N2O. The number of nitrogens with zero attached hydrogens (tertiary/aromatic N) is 2. The van der Waals surface area contributed by atoms with E-state index in [1.807, 2.05) is 32.9 Å². The Morgan fingerprint density at radius 2 is 2.27 bits per heavy atom. The predicted molar refractivity (Wildman–Crippen MR) is 58.7 cm³/mol. The Morgan fingerprint density at radius 1 is 1.53 bits per heavy atom. The van der Waals surface area contributed by atoms with E-state index in [0.29, 0.717) is 23.6 Å². The fraction of sp³-hybridized carbons (Fsp3) is 0.333. The van der Waals surface area contributed by atoms with Crippen molar-refractivity contribution in [1.29, 1.82) is 5.26 Å². The number of ether oxygens (including phenoxy) is 1. The van der Waals surface area contributed by atoms with Gasteiger partial charge < -0.3 is 4.74 Å². The molecule has 3 nitrogen and oxygen atoms in total. The fourth-order valence-electron chi connectivity index (χ4n) is 1.28. The van der Waals surface area contributed by atoms with Crippen molar-refractivity contribution in [2.75, 3.05) is 6.61 Å². The fourth-order valence-corrected chi connectivity index (χ4v) is 1.28. The van der Waals surface area contributed by atoms with Crippen LogP contribution in [0.25, 0.3) is 0 Å². The lowest BCUT2D eigenvalue weighted by molar-refractivity contribution is 0.360. The van der Waals surface area contributed by atoms with E-state index in [4.69, 9.17) is 10.00 Å². The maximum Gasteiger partial charge on any atom is 0.141 e. The molecular weight excluding hydrogens is 188 g/mol. The molecule has 0 N–H and O–H groups in total. The Bertz CT molecular complexity index is 416. The Kier molecular flexibility index (Phi) is 3.87. The van der Waals surface area contributed by atoms with Crippen LogP contribution in [-0.2, 0) is 0 Å². The van der Waals surface area contributed by atoms with Crippen molar-refractivity contribution >= 4 is 0 Å². The lowest BCUT2D eigenvalue weighted by Gasteiger charge is -2.08. The highest BCUT2D eigenvalue weighted by Gasteiger charge is 2.08. The number of allylic oxidation sites excluding steroid dienone is 1. The van der Waals surface area contributed by atoms with Crippen molar-refractivity contribution in [2.24, 2.45) is 0 Å². The third-order valence-corrected chi connectivity index (χ3v) is 1.97. The molecule has 0 radical (unpaired) electrons. The Labute approximate surface area is 90.0 Å². The number of nitriles is 1. The highest BCUT2D eigenvalue weighted by Crippen LogP contribution is 2.21. The molecule has 0 aromatic carbocycles. The predicted octanol–water partition coefficient (Wildman–Crippen LogP) is 2.53. The maximum absolute atomic E-state index is 8.96. The van der Waals surface area contributed by atoms with Gasteiger partial charge in [0.15, 0.2) is 0 Å². The molecule has 0 fully saturated rings. The lowest BCUT2D eigenvalue weighted by Crippen LogP contribution is -2.00. The van der Waals surface area contributed by atoms with Gasteiger partial charge in [0, 0.05) is 11.8 Å². The molecule has 0 amide bonds. The zero-order valence-corrected chi connectivity index (χ0v) is 9.24. The van der Waals surface area contributed by atoms with Gasteiger partial charge in [0.1, 0.15) is 24.0 Å². The largest absolute Gasteiger partial charge is 0.488 e. The highest BCUT2D eigenvalue weighted by atomic mass is 16.5. The molecule has 0 saturated carbocycles. The molecule has 0 atom stereocenters. The van der Waals surface area contributed by atoms with Crippen LogP contribution in [0.15, 0.2) is 18.2 Å². The van der Waals surface area contributed by atoms with E-state index >= 15 is 0 Å². The second-order valence-electron chi connectivity index (χ2n) is 3.21. The van der Waals surface area contributed by atoms with Gasteiger partial charge in [-0.15, -0.1) is 0 Å². The second-order valence-corrected chi connectivity index (χ2v) is 3.21. The summed E-state index contributed by atoms with van der Waals surface area (Å²) in [7, 11) is 0. The first-order valence-corrected chi connectivity index (χ1v) is 4.81. The van der Waals surface area contributed by atoms with Gasteiger partial charge in [-0.1, -0.05) is 12.2 Å². The normalized spacial score (nSPS) is 10.3. The molecule has 3 heteroatoms. The summed E-state index contributed by atoms with van der Waals surface area (Å²) in [4.78, 5) is 4.21. The smallest absolute Gasteiger partial charge is 0.141 e. The van der Waals surface area contributed by atoms with Gasteiger partial charge in [-0.2, -0.15) is 5.26 Å². The first-order chi connectivity index (χ1) is 7.19. The van der Waals surface area contributed by atoms with Crippen molar-refractivity contribution in [1.82, 2.24) is 4.98 Å². The molecule has 1 aromatic heterocycles. The van der Waals surface area contributed by atoms with E-state index < -0.39 is 0 Å². The number of rotatable bonds is 3. The summed E-state index contributed by atoms with van der Waals surface area (Å²) in [6.45, 7) is 6.11. The number of aryl methyl sites for hydroxylation is 2. The molecule has 0 aliphatic heterocycles. The number of hydrogen-bond acceptors (Lipinski definition) is 3. The average molecular weight is 202 g/mol. The van der Waals surface area contributed by atoms with Crippen molar-refractivity contribution in [2.45, 2.75) is 20.8 Å². The van der Waals surface area contributed by atoms with Crippen LogP contribution in [0.3, 0.4) is 0 Å². The van der Waals surface area contributed by atoms with Gasteiger partial charge in [0.25, 0.3) is 0 Å². The SMILES string of the molecule is C/C=C/COc1cc(C)nc(C)c1C#N. The standard InChI is InChI=1S/C12H14N2O/c1-4-5-6-15-12-7-9(2)14-10(3)11(12)8-13/h4-5,7H,6H2,1-3H3/b5-4+. The molecule has 0 bridgehead atoms. The van der Waals surface area contributed by atoms with Crippen LogP contribution in [-0.4, -0.2) is 11.6 Å². The van der Waals surface area contributed by atoms with E-state index in [-0.39, 0.29) is 0 Å². The van der Waals surface area contributed by atoms with Crippen LogP contribution < -0.4 is 4.74 Å². The van der Waals surface area contributed by atoms with E-state index in [1.54, 1.807) is 6.07 Å². The molecule has 15 heavy (non-hydrogen) atoms.